The highest BCUT2D eigenvalue weighted by molar-refractivity contribution is 7.07. The molecular weight excluding hydrogens is 393 g/mol. The van der Waals surface area contributed by atoms with Gasteiger partial charge < -0.3 is 4.57 Å². The van der Waals surface area contributed by atoms with E-state index in [1.807, 2.05) is 16.0 Å². The van der Waals surface area contributed by atoms with Gasteiger partial charge in [-0.3, -0.25) is 10.1 Å². The van der Waals surface area contributed by atoms with Crippen LogP contribution >= 0.6 is 34.5 Å². The highest BCUT2D eigenvalue weighted by Crippen LogP contribution is 2.29. The number of hydrogen-bond donors (Lipinski definition) is 0. The molecule has 0 bridgehead atoms. The van der Waals surface area contributed by atoms with Crippen LogP contribution < -0.4 is 4.80 Å². The van der Waals surface area contributed by atoms with Crippen LogP contribution in [0.5, 0.6) is 0 Å². The number of nitro groups is 1. The summed E-state index contributed by atoms with van der Waals surface area (Å²) >= 11 is 13.6. The van der Waals surface area contributed by atoms with E-state index in [-0.39, 0.29) is 5.69 Å². The number of non-ortho nitro benzene ring substituents is 1. The molecule has 26 heavy (non-hydrogen) atoms. The second kappa shape index (κ2) is 7.86. The Labute approximate surface area is 163 Å². The highest BCUT2D eigenvalue weighted by atomic mass is 35.5. The van der Waals surface area contributed by atoms with Crippen molar-refractivity contribution in [2.45, 2.75) is 6.54 Å². The largest absolute Gasteiger partial charge is 0.313 e. The van der Waals surface area contributed by atoms with Crippen LogP contribution in [0.15, 0.2) is 65.5 Å². The third-order valence-corrected chi connectivity index (χ3v) is 5.00. The number of thiazole rings is 1. The molecule has 8 heteroatoms. The molecule has 3 aromatic rings. The molecule has 0 N–H and O–H groups in total. The molecule has 3 rings (SSSR count). The maximum absolute atomic E-state index is 11.1. The van der Waals surface area contributed by atoms with Crippen molar-refractivity contribution in [3.05, 3.63) is 85.5 Å². The maximum atomic E-state index is 11.1. The summed E-state index contributed by atoms with van der Waals surface area (Å²) in [6, 6.07) is 11.6. The Hall–Kier alpha value is -2.41. The fraction of sp³-hybridized carbons (Fsp3) is 0.0556. The van der Waals surface area contributed by atoms with Gasteiger partial charge in [0.15, 0.2) is 4.80 Å². The predicted octanol–water partition coefficient (Wildman–Crippen LogP) is 5.85. The Balaban J connectivity index is 2.17. The summed E-state index contributed by atoms with van der Waals surface area (Å²) < 4.78 is 1.92. The molecule has 0 aliphatic rings. The van der Waals surface area contributed by atoms with Crippen molar-refractivity contribution in [3.8, 4) is 11.3 Å². The van der Waals surface area contributed by atoms with Crippen molar-refractivity contribution >= 4 is 45.9 Å². The first kappa shape index (κ1) is 18.4. The Morgan fingerprint density at radius 2 is 2.08 bits per heavy atom. The molecular formula is C18H13Cl2N3O2S. The summed E-state index contributed by atoms with van der Waals surface area (Å²) in [5, 5.41) is 14.0. The Bertz CT molecular complexity index is 1060. The lowest BCUT2D eigenvalue weighted by Gasteiger charge is -2.07. The second-order valence-electron chi connectivity index (χ2n) is 5.32. The van der Waals surface area contributed by atoms with E-state index in [0.29, 0.717) is 27.1 Å². The van der Waals surface area contributed by atoms with Gasteiger partial charge in [0.05, 0.1) is 21.3 Å². The molecule has 0 radical (unpaired) electrons. The standard InChI is InChI=1S/C18H13Cl2N3O2S/c1-2-8-22-17(12-4-3-5-14(9-12)23(24)25)11-26-18(22)21-16-10-13(19)6-7-15(16)20/h2-7,9-11H,1,8H2. The number of benzene rings is 2. The Morgan fingerprint density at radius 1 is 1.27 bits per heavy atom. The minimum atomic E-state index is -0.412. The van der Waals surface area contributed by atoms with Gasteiger partial charge in [0.25, 0.3) is 5.69 Å². The zero-order valence-electron chi connectivity index (χ0n) is 13.4. The molecule has 1 aromatic heterocycles. The molecule has 0 amide bonds. The monoisotopic (exact) mass is 405 g/mol. The van der Waals surface area contributed by atoms with E-state index < -0.39 is 4.92 Å². The number of hydrogen-bond acceptors (Lipinski definition) is 4. The molecule has 0 aliphatic carbocycles. The quantitative estimate of drug-likeness (QED) is 0.303. The molecule has 0 fully saturated rings. The zero-order valence-corrected chi connectivity index (χ0v) is 15.8. The molecule has 5 nitrogen and oxygen atoms in total. The van der Waals surface area contributed by atoms with Gasteiger partial charge in [-0.1, -0.05) is 41.4 Å². The molecule has 1 heterocycles. The van der Waals surface area contributed by atoms with Crippen LogP contribution in [0, 0.1) is 10.1 Å². The minimum absolute atomic E-state index is 0.0372. The first-order chi connectivity index (χ1) is 12.5. The molecule has 0 aliphatic heterocycles. The van der Waals surface area contributed by atoms with E-state index in [1.165, 1.54) is 23.5 Å². The van der Waals surface area contributed by atoms with Gasteiger partial charge >= 0.3 is 0 Å². The predicted molar refractivity (Wildman–Crippen MR) is 106 cm³/mol. The van der Waals surface area contributed by atoms with Gasteiger partial charge in [-0.15, -0.1) is 17.9 Å². The fourth-order valence-corrected chi connectivity index (χ4v) is 3.67. The van der Waals surface area contributed by atoms with Crippen LogP contribution in [0.4, 0.5) is 11.4 Å². The summed E-state index contributed by atoms with van der Waals surface area (Å²) in [5.74, 6) is 0. The zero-order chi connectivity index (χ0) is 18.7. The van der Waals surface area contributed by atoms with Crippen LogP contribution in [0.2, 0.25) is 10.0 Å². The number of aromatic nitrogens is 1. The topological polar surface area (TPSA) is 60.4 Å². The van der Waals surface area contributed by atoms with Crippen molar-refractivity contribution in [1.82, 2.24) is 4.57 Å². The van der Waals surface area contributed by atoms with Gasteiger partial charge in [0, 0.05) is 34.6 Å². The molecule has 0 saturated carbocycles. The summed E-state index contributed by atoms with van der Waals surface area (Å²) in [6.45, 7) is 4.28. The van der Waals surface area contributed by atoms with Crippen LogP contribution in [0.25, 0.3) is 11.3 Å². The maximum Gasteiger partial charge on any atom is 0.270 e. The number of halogens is 2. The first-order valence-corrected chi connectivity index (χ1v) is 9.17. The lowest BCUT2D eigenvalue weighted by atomic mass is 10.1. The summed E-state index contributed by atoms with van der Waals surface area (Å²) in [5.41, 5.74) is 2.14. The van der Waals surface area contributed by atoms with Gasteiger partial charge in [-0.2, -0.15) is 0 Å². The lowest BCUT2D eigenvalue weighted by molar-refractivity contribution is -0.384. The average Bonchev–Trinajstić information content (AvgIpc) is 3.01. The van der Waals surface area contributed by atoms with E-state index in [4.69, 9.17) is 23.2 Å². The number of allylic oxidation sites excluding steroid dienone is 1. The molecule has 0 unspecified atom stereocenters. The van der Waals surface area contributed by atoms with Crippen molar-refractivity contribution in [3.63, 3.8) is 0 Å². The molecule has 2 aromatic carbocycles. The van der Waals surface area contributed by atoms with Gasteiger partial charge in [-0.05, 0) is 18.2 Å². The number of nitrogens with zero attached hydrogens (tertiary/aromatic N) is 3. The third kappa shape index (κ3) is 3.88. The third-order valence-electron chi connectivity index (χ3n) is 3.59. The van der Waals surface area contributed by atoms with Crippen LogP contribution in [-0.4, -0.2) is 9.49 Å². The van der Waals surface area contributed by atoms with Gasteiger partial charge in [-0.25, -0.2) is 4.99 Å². The van der Waals surface area contributed by atoms with Crippen LogP contribution in [0.1, 0.15) is 0 Å². The molecule has 0 atom stereocenters. The van der Waals surface area contributed by atoms with E-state index >= 15 is 0 Å². The van der Waals surface area contributed by atoms with Crippen molar-refractivity contribution < 1.29 is 4.92 Å². The van der Waals surface area contributed by atoms with E-state index in [9.17, 15) is 10.1 Å². The normalized spacial score (nSPS) is 11.5. The molecule has 0 saturated heterocycles. The second-order valence-corrected chi connectivity index (χ2v) is 7.00. The van der Waals surface area contributed by atoms with Gasteiger partial charge in [0.2, 0.25) is 0 Å². The molecule has 0 spiro atoms. The smallest absolute Gasteiger partial charge is 0.270 e. The van der Waals surface area contributed by atoms with Crippen LogP contribution in [-0.2, 0) is 6.54 Å². The lowest BCUT2D eigenvalue weighted by Crippen LogP contribution is -2.14. The SMILES string of the molecule is C=CCn1c(-c2cccc([N+](=O)[O-])c2)csc1=Nc1cc(Cl)ccc1Cl. The van der Waals surface area contributed by atoms with E-state index in [2.05, 4.69) is 11.6 Å². The number of rotatable bonds is 5. The summed E-state index contributed by atoms with van der Waals surface area (Å²) in [4.78, 5) is 15.9. The average molecular weight is 406 g/mol. The van der Waals surface area contributed by atoms with Crippen LogP contribution in [0.3, 0.4) is 0 Å². The summed E-state index contributed by atoms with van der Waals surface area (Å²) in [7, 11) is 0. The Kier molecular flexibility index (Phi) is 5.56. The van der Waals surface area contributed by atoms with Crippen molar-refractivity contribution in [2.24, 2.45) is 4.99 Å². The number of nitro benzene ring substituents is 1. The van der Waals surface area contributed by atoms with E-state index in [0.717, 1.165) is 11.3 Å². The Morgan fingerprint density at radius 3 is 2.81 bits per heavy atom. The van der Waals surface area contributed by atoms with Crippen molar-refractivity contribution in [2.75, 3.05) is 0 Å². The fourth-order valence-electron chi connectivity index (χ4n) is 2.41. The van der Waals surface area contributed by atoms with E-state index in [1.54, 1.807) is 30.3 Å². The minimum Gasteiger partial charge on any atom is -0.313 e. The van der Waals surface area contributed by atoms with Crippen molar-refractivity contribution in [1.29, 1.82) is 0 Å². The highest BCUT2D eigenvalue weighted by Gasteiger charge is 2.12. The molecule has 132 valence electrons. The first-order valence-electron chi connectivity index (χ1n) is 7.53. The van der Waals surface area contributed by atoms with Gasteiger partial charge in [0.1, 0.15) is 0 Å². The summed E-state index contributed by atoms with van der Waals surface area (Å²) in [6.07, 6.45) is 1.74.